The van der Waals surface area contributed by atoms with Gasteiger partial charge in [-0.1, -0.05) is 38.1 Å². The van der Waals surface area contributed by atoms with Gasteiger partial charge >= 0.3 is 5.97 Å². The molecule has 0 spiro atoms. The van der Waals surface area contributed by atoms with Crippen LogP contribution in [0, 0.1) is 5.92 Å². The standard InChI is InChI=1S/C18H28N2O3/c1-13(2)11-15-7-5-14(6-8-15)9-10-17(21)19-16(18(22)23)12-20(3)4/h5-8,13,16H,9-12H2,1-4H3,(H,19,21)(H,22,23)/t16-/m0/s1. The zero-order valence-electron chi connectivity index (χ0n) is 14.5. The minimum atomic E-state index is -1.01. The molecule has 0 saturated carbocycles. The van der Waals surface area contributed by atoms with Gasteiger partial charge in [0.05, 0.1) is 0 Å². The topological polar surface area (TPSA) is 69.6 Å². The molecule has 0 aromatic heterocycles. The monoisotopic (exact) mass is 320 g/mol. The first-order chi connectivity index (χ1) is 10.8. The number of nitrogens with zero attached hydrogens (tertiary/aromatic N) is 1. The summed E-state index contributed by atoms with van der Waals surface area (Å²) in [4.78, 5) is 24.8. The Bertz CT molecular complexity index is 510. The van der Waals surface area contributed by atoms with E-state index < -0.39 is 12.0 Å². The fraction of sp³-hybridized carbons (Fsp3) is 0.556. The van der Waals surface area contributed by atoms with Gasteiger partial charge in [0.15, 0.2) is 0 Å². The third kappa shape index (κ3) is 7.79. The van der Waals surface area contributed by atoms with E-state index in [1.165, 1.54) is 5.56 Å². The van der Waals surface area contributed by atoms with Crippen LogP contribution in [0.3, 0.4) is 0 Å². The first-order valence-corrected chi connectivity index (χ1v) is 8.02. The zero-order chi connectivity index (χ0) is 17.4. The zero-order valence-corrected chi connectivity index (χ0v) is 14.5. The molecule has 23 heavy (non-hydrogen) atoms. The Hall–Kier alpha value is -1.88. The van der Waals surface area contributed by atoms with Crippen molar-refractivity contribution < 1.29 is 14.7 Å². The summed E-state index contributed by atoms with van der Waals surface area (Å²) < 4.78 is 0. The first-order valence-electron chi connectivity index (χ1n) is 8.02. The second kappa shape index (κ2) is 9.30. The summed E-state index contributed by atoms with van der Waals surface area (Å²) in [5, 5.41) is 11.7. The Balaban J connectivity index is 2.47. The lowest BCUT2D eigenvalue weighted by molar-refractivity contribution is -0.142. The molecule has 1 aromatic rings. The number of likely N-dealkylation sites (N-methyl/N-ethyl adjacent to an activating group) is 1. The Kier molecular flexibility index (Phi) is 7.75. The second-order valence-electron chi connectivity index (χ2n) is 6.64. The molecular weight excluding hydrogens is 292 g/mol. The van der Waals surface area contributed by atoms with Crippen LogP contribution >= 0.6 is 0 Å². The highest BCUT2D eigenvalue weighted by atomic mass is 16.4. The summed E-state index contributed by atoms with van der Waals surface area (Å²) in [5.74, 6) is -0.619. The first kappa shape index (κ1) is 19.2. The number of amides is 1. The van der Waals surface area contributed by atoms with Gasteiger partial charge in [0.2, 0.25) is 5.91 Å². The maximum Gasteiger partial charge on any atom is 0.327 e. The van der Waals surface area contributed by atoms with Crippen molar-refractivity contribution in [1.82, 2.24) is 10.2 Å². The van der Waals surface area contributed by atoms with E-state index in [0.717, 1.165) is 12.0 Å². The quantitative estimate of drug-likeness (QED) is 0.730. The van der Waals surface area contributed by atoms with Gasteiger partial charge in [-0.25, -0.2) is 4.79 Å². The Morgan fingerprint density at radius 1 is 1.13 bits per heavy atom. The maximum absolute atomic E-state index is 11.9. The molecule has 5 nitrogen and oxygen atoms in total. The molecule has 0 aliphatic carbocycles. The summed E-state index contributed by atoms with van der Waals surface area (Å²) in [6.07, 6.45) is 1.95. The summed E-state index contributed by atoms with van der Waals surface area (Å²) in [6.45, 7) is 4.65. The molecule has 1 aromatic carbocycles. The average Bonchev–Trinajstić information content (AvgIpc) is 2.44. The summed E-state index contributed by atoms with van der Waals surface area (Å²) in [5.41, 5.74) is 2.39. The van der Waals surface area contributed by atoms with E-state index in [0.29, 0.717) is 18.8 Å². The predicted octanol–water partition coefficient (Wildman–Crippen LogP) is 1.95. The molecule has 128 valence electrons. The number of carbonyl (C=O) groups excluding carboxylic acids is 1. The fourth-order valence-corrected chi connectivity index (χ4v) is 2.39. The molecule has 0 fully saturated rings. The van der Waals surface area contributed by atoms with Gasteiger partial charge in [-0.3, -0.25) is 4.79 Å². The molecule has 5 heteroatoms. The van der Waals surface area contributed by atoms with Crippen LogP contribution in [0.1, 0.15) is 31.4 Å². The number of aliphatic carboxylic acids is 1. The number of rotatable bonds is 9. The van der Waals surface area contributed by atoms with E-state index in [9.17, 15) is 9.59 Å². The van der Waals surface area contributed by atoms with Gasteiger partial charge in [-0.15, -0.1) is 0 Å². The molecule has 1 amide bonds. The van der Waals surface area contributed by atoms with Crippen LogP contribution in [0.2, 0.25) is 0 Å². The minimum absolute atomic E-state index is 0.231. The lowest BCUT2D eigenvalue weighted by Gasteiger charge is -2.18. The van der Waals surface area contributed by atoms with Crippen LogP contribution in [0.4, 0.5) is 0 Å². The molecular formula is C18H28N2O3. The highest BCUT2D eigenvalue weighted by molar-refractivity contribution is 5.83. The van der Waals surface area contributed by atoms with Crippen LogP contribution in [0.25, 0.3) is 0 Å². The average molecular weight is 320 g/mol. The highest BCUT2D eigenvalue weighted by Crippen LogP contribution is 2.11. The van der Waals surface area contributed by atoms with Crippen molar-refractivity contribution in [3.05, 3.63) is 35.4 Å². The molecule has 0 bridgehead atoms. The van der Waals surface area contributed by atoms with Crippen molar-refractivity contribution in [1.29, 1.82) is 0 Å². The number of carbonyl (C=O) groups is 2. The molecule has 0 saturated heterocycles. The van der Waals surface area contributed by atoms with E-state index in [1.807, 2.05) is 12.1 Å². The fourth-order valence-electron chi connectivity index (χ4n) is 2.39. The number of benzene rings is 1. The van der Waals surface area contributed by atoms with Crippen molar-refractivity contribution in [2.75, 3.05) is 20.6 Å². The molecule has 0 heterocycles. The van der Waals surface area contributed by atoms with Crippen molar-refractivity contribution in [3.8, 4) is 0 Å². The molecule has 0 unspecified atom stereocenters. The SMILES string of the molecule is CC(C)Cc1ccc(CCC(=O)N[C@@H](CN(C)C)C(=O)O)cc1. The van der Waals surface area contributed by atoms with Crippen molar-refractivity contribution >= 4 is 11.9 Å². The van der Waals surface area contributed by atoms with Gasteiger partial charge in [-0.05, 0) is 44.0 Å². The Labute approximate surface area is 138 Å². The number of hydrogen-bond acceptors (Lipinski definition) is 3. The number of aryl methyl sites for hydroxylation is 1. The molecule has 0 aliphatic heterocycles. The van der Waals surface area contributed by atoms with Gasteiger partial charge in [-0.2, -0.15) is 0 Å². The maximum atomic E-state index is 11.9. The van der Waals surface area contributed by atoms with Crippen LogP contribution < -0.4 is 5.32 Å². The minimum Gasteiger partial charge on any atom is -0.480 e. The lowest BCUT2D eigenvalue weighted by atomic mass is 10.0. The molecule has 2 N–H and O–H groups in total. The third-order valence-corrected chi connectivity index (χ3v) is 3.49. The van der Waals surface area contributed by atoms with Crippen LogP contribution in [0.5, 0.6) is 0 Å². The Morgan fingerprint density at radius 2 is 1.70 bits per heavy atom. The van der Waals surface area contributed by atoms with Crippen molar-refractivity contribution in [2.24, 2.45) is 5.92 Å². The van der Waals surface area contributed by atoms with Gasteiger partial charge in [0.25, 0.3) is 0 Å². The molecule has 1 rings (SSSR count). The lowest BCUT2D eigenvalue weighted by Crippen LogP contribution is -2.46. The van der Waals surface area contributed by atoms with Gasteiger partial charge in [0.1, 0.15) is 6.04 Å². The highest BCUT2D eigenvalue weighted by Gasteiger charge is 2.20. The van der Waals surface area contributed by atoms with Crippen LogP contribution in [0.15, 0.2) is 24.3 Å². The van der Waals surface area contributed by atoms with Crippen LogP contribution in [-0.4, -0.2) is 48.6 Å². The van der Waals surface area contributed by atoms with Gasteiger partial charge in [0, 0.05) is 13.0 Å². The number of hydrogen-bond donors (Lipinski definition) is 2. The van der Waals surface area contributed by atoms with E-state index in [4.69, 9.17) is 5.11 Å². The predicted molar refractivity (Wildman–Crippen MR) is 91.4 cm³/mol. The van der Waals surface area contributed by atoms with E-state index >= 15 is 0 Å². The van der Waals surface area contributed by atoms with Crippen molar-refractivity contribution in [2.45, 2.75) is 39.2 Å². The summed E-state index contributed by atoms with van der Waals surface area (Å²) in [6, 6.07) is 7.41. The largest absolute Gasteiger partial charge is 0.480 e. The van der Waals surface area contributed by atoms with Crippen LogP contribution in [-0.2, 0) is 22.4 Å². The number of carboxylic acid groups (broad SMARTS) is 1. The van der Waals surface area contributed by atoms with E-state index in [-0.39, 0.29) is 12.5 Å². The molecule has 1 atom stereocenters. The normalized spacial score (nSPS) is 12.4. The van der Waals surface area contributed by atoms with E-state index in [2.05, 4.69) is 31.3 Å². The Morgan fingerprint density at radius 3 is 2.17 bits per heavy atom. The van der Waals surface area contributed by atoms with Gasteiger partial charge < -0.3 is 15.3 Å². The summed E-state index contributed by atoms with van der Waals surface area (Å²) in [7, 11) is 3.56. The summed E-state index contributed by atoms with van der Waals surface area (Å²) >= 11 is 0. The smallest absolute Gasteiger partial charge is 0.327 e. The van der Waals surface area contributed by atoms with E-state index in [1.54, 1.807) is 19.0 Å². The third-order valence-electron chi connectivity index (χ3n) is 3.49. The second-order valence-corrected chi connectivity index (χ2v) is 6.64. The molecule has 0 radical (unpaired) electrons. The number of nitrogens with one attached hydrogen (secondary N) is 1. The number of carboxylic acids is 1. The molecule has 0 aliphatic rings. The van der Waals surface area contributed by atoms with Crippen molar-refractivity contribution in [3.63, 3.8) is 0 Å².